The Kier molecular flexibility index (Phi) is 11.2. The Labute approximate surface area is 202 Å². The summed E-state index contributed by atoms with van der Waals surface area (Å²) >= 11 is 0. The standard InChI is InChI=1S/C30H46N2O/c1-4-6-7-9-25-13-15-26(16-14-25)10-8-21-33-29-19-17-28(18-20-29)30-31-22-27(23-32-30)12-11-24(3)5-2/h17-20,22-26H,4-16,21H2,1-3H3. The molecule has 1 heterocycles. The van der Waals surface area contributed by atoms with E-state index in [0.29, 0.717) is 0 Å². The van der Waals surface area contributed by atoms with Crippen LogP contribution < -0.4 is 4.74 Å². The molecule has 2 aromatic rings. The molecule has 3 heteroatoms. The molecule has 3 rings (SSSR count). The van der Waals surface area contributed by atoms with Crippen molar-refractivity contribution in [3.63, 3.8) is 0 Å². The summed E-state index contributed by atoms with van der Waals surface area (Å²) in [5, 5.41) is 0. The van der Waals surface area contributed by atoms with E-state index in [1.54, 1.807) is 0 Å². The van der Waals surface area contributed by atoms with E-state index in [9.17, 15) is 0 Å². The first-order valence-electron chi connectivity index (χ1n) is 13.7. The molecule has 1 fully saturated rings. The molecule has 0 spiro atoms. The molecule has 0 aliphatic heterocycles. The molecular formula is C30H46N2O. The second-order valence-electron chi connectivity index (χ2n) is 10.4. The van der Waals surface area contributed by atoms with E-state index >= 15 is 0 Å². The summed E-state index contributed by atoms with van der Waals surface area (Å²) in [5.74, 6) is 4.42. The minimum Gasteiger partial charge on any atom is -0.494 e. The SMILES string of the molecule is CCCCCC1CCC(CCCOc2ccc(-c3ncc(CCC(C)CC)cn3)cc2)CC1. The molecule has 1 saturated carbocycles. The van der Waals surface area contributed by atoms with Gasteiger partial charge in [-0.1, -0.05) is 78.6 Å². The largest absolute Gasteiger partial charge is 0.494 e. The number of rotatable bonds is 14. The molecular weight excluding hydrogens is 404 g/mol. The van der Waals surface area contributed by atoms with Gasteiger partial charge in [0.25, 0.3) is 0 Å². The molecule has 0 amide bonds. The van der Waals surface area contributed by atoms with Crippen molar-refractivity contribution in [3.05, 3.63) is 42.2 Å². The number of benzene rings is 1. The Morgan fingerprint density at radius 2 is 1.52 bits per heavy atom. The van der Waals surface area contributed by atoms with Crippen LogP contribution in [0.15, 0.2) is 36.7 Å². The average molecular weight is 451 g/mol. The third kappa shape index (κ3) is 9.10. The van der Waals surface area contributed by atoms with Crippen LogP contribution in [0.1, 0.15) is 103 Å². The summed E-state index contributed by atoms with van der Waals surface area (Å²) in [6.45, 7) is 7.67. The van der Waals surface area contributed by atoms with Gasteiger partial charge in [0.05, 0.1) is 6.61 Å². The van der Waals surface area contributed by atoms with E-state index in [2.05, 4.69) is 55.0 Å². The van der Waals surface area contributed by atoms with Crippen LogP contribution in [0.4, 0.5) is 0 Å². The topological polar surface area (TPSA) is 35.0 Å². The maximum Gasteiger partial charge on any atom is 0.159 e. The molecule has 3 nitrogen and oxygen atoms in total. The number of unbranched alkanes of at least 4 members (excludes halogenated alkanes) is 2. The van der Waals surface area contributed by atoms with Gasteiger partial charge in [-0.25, -0.2) is 9.97 Å². The number of nitrogens with zero attached hydrogens (tertiary/aromatic N) is 2. The predicted molar refractivity (Wildman–Crippen MR) is 140 cm³/mol. The van der Waals surface area contributed by atoms with Crippen molar-refractivity contribution < 1.29 is 4.74 Å². The summed E-state index contributed by atoms with van der Waals surface area (Å²) in [6.07, 6.45) is 21.4. The summed E-state index contributed by atoms with van der Waals surface area (Å²) < 4.78 is 6.02. The maximum absolute atomic E-state index is 6.02. The molecule has 1 aliphatic rings. The van der Waals surface area contributed by atoms with Crippen molar-refractivity contribution in [2.24, 2.45) is 17.8 Å². The van der Waals surface area contributed by atoms with E-state index in [1.807, 2.05) is 12.4 Å². The van der Waals surface area contributed by atoms with Gasteiger partial charge in [-0.15, -0.1) is 0 Å². The van der Waals surface area contributed by atoms with Crippen LogP contribution in [0.2, 0.25) is 0 Å². The monoisotopic (exact) mass is 450 g/mol. The van der Waals surface area contributed by atoms with E-state index in [4.69, 9.17) is 4.74 Å². The number of aromatic nitrogens is 2. The highest BCUT2D eigenvalue weighted by Gasteiger charge is 2.20. The number of hydrogen-bond donors (Lipinski definition) is 0. The molecule has 0 bridgehead atoms. The van der Waals surface area contributed by atoms with Gasteiger partial charge in [0.15, 0.2) is 5.82 Å². The predicted octanol–water partition coefficient (Wildman–Crippen LogP) is 8.67. The molecule has 1 aromatic carbocycles. The summed E-state index contributed by atoms with van der Waals surface area (Å²) in [6, 6.07) is 8.25. The van der Waals surface area contributed by atoms with Gasteiger partial charge in [0.1, 0.15) is 5.75 Å². The normalized spacial score (nSPS) is 19.4. The lowest BCUT2D eigenvalue weighted by atomic mass is 9.78. The fourth-order valence-corrected chi connectivity index (χ4v) is 5.00. The van der Waals surface area contributed by atoms with Gasteiger partial charge in [-0.2, -0.15) is 0 Å². The number of hydrogen-bond acceptors (Lipinski definition) is 3. The lowest BCUT2D eigenvalue weighted by Crippen LogP contribution is -2.15. The molecule has 1 aromatic heterocycles. The smallest absolute Gasteiger partial charge is 0.159 e. The van der Waals surface area contributed by atoms with Gasteiger partial charge in [0, 0.05) is 18.0 Å². The molecule has 1 unspecified atom stereocenters. The Morgan fingerprint density at radius 1 is 0.879 bits per heavy atom. The van der Waals surface area contributed by atoms with Gasteiger partial charge >= 0.3 is 0 Å². The Hall–Kier alpha value is -1.90. The first-order valence-corrected chi connectivity index (χ1v) is 13.7. The molecule has 0 saturated heterocycles. The van der Waals surface area contributed by atoms with Crippen LogP contribution in [-0.2, 0) is 6.42 Å². The lowest BCUT2D eigenvalue weighted by molar-refractivity contribution is 0.228. The zero-order chi connectivity index (χ0) is 23.3. The summed E-state index contributed by atoms with van der Waals surface area (Å²) in [4.78, 5) is 9.17. The van der Waals surface area contributed by atoms with Crippen LogP contribution in [0.25, 0.3) is 11.4 Å². The third-order valence-electron chi connectivity index (χ3n) is 7.65. The van der Waals surface area contributed by atoms with E-state index in [0.717, 1.165) is 54.3 Å². The van der Waals surface area contributed by atoms with Crippen LogP contribution in [0, 0.1) is 17.8 Å². The molecule has 0 N–H and O–H groups in total. The van der Waals surface area contributed by atoms with Gasteiger partial charge in [0.2, 0.25) is 0 Å². The highest BCUT2D eigenvalue weighted by molar-refractivity contribution is 5.55. The minimum atomic E-state index is 0.757. The third-order valence-corrected chi connectivity index (χ3v) is 7.65. The molecule has 33 heavy (non-hydrogen) atoms. The highest BCUT2D eigenvalue weighted by Crippen LogP contribution is 2.34. The maximum atomic E-state index is 6.02. The Bertz CT molecular complexity index is 763. The van der Waals surface area contributed by atoms with Crippen molar-refractivity contribution in [1.82, 2.24) is 9.97 Å². The van der Waals surface area contributed by atoms with Crippen molar-refractivity contribution in [2.75, 3.05) is 6.61 Å². The fourth-order valence-electron chi connectivity index (χ4n) is 5.00. The molecule has 1 atom stereocenters. The van der Waals surface area contributed by atoms with Crippen LogP contribution >= 0.6 is 0 Å². The van der Waals surface area contributed by atoms with Gasteiger partial charge < -0.3 is 4.74 Å². The van der Waals surface area contributed by atoms with Crippen molar-refractivity contribution in [2.45, 2.75) is 104 Å². The average Bonchev–Trinajstić information content (AvgIpc) is 2.87. The zero-order valence-corrected chi connectivity index (χ0v) is 21.4. The van der Waals surface area contributed by atoms with Crippen molar-refractivity contribution in [1.29, 1.82) is 0 Å². The Balaban J connectivity index is 1.33. The lowest BCUT2D eigenvalue weighted by Gasteiger charge is -2.28. The first kappa shape index (κ1) is 25.7. The summed E-state index contributed by atoms with van der Waals surface area (Å²) in [7, 11) is 0. The minimum absolute atomic E-state index is 0.757. The summed E-state index contributed by atoms with van der Waals surface area (Å²) in [5.41, 5.74) is 2.27. The second kappa shape index (κ2) is 14.4. The zero-order valence-electron chi connectivity index (χ0n) is 21.4. The van der Waals surface area contributed by atoms with Crippen molar-refractivity contribution in [3.8, 4) is 17.1 Å². The van der Waals surface area contributed by atoms with Gasteiger partial charge in [-0.3, -0.25) is 0 Å². The van der Waals surface area contributed by atoms with Gasteiger partial charge in [-0.05, 0) is 73.3 Å². The Morgan fingerprint density at radius 3 is 2.12 bits per heavy atom. The molecule has 1 aliphatic carbocycles. The molecule has 0 radical (unpaired) electrons. The fraction of sp³-hybridized carbons (Fsp3) is 0.667. The van der Waals surface area contributed by atoms with E-state index in [-0.39, 0.29) is 0 Å². The second-order valence-corrected chi connectivity index (χ2v) is 10.4. The highest BCUT2D eigenvalue weighted by atomic mass is 16.5. The van der Waals surface area contributed by atoms with Crippen LogP contribution in [0.5, 0.6) is 5.75 Å². The first-order chi connectivity index (χ1) is 16.2. The van der Waals surface area contributed by atoms with Crippen LogP contribution in [-0.4, -0.2) is 16.6 Å². The van der Waals surface area contributed by atoms with Crippen LogP contribution in [0.3, 0.4) is 0 Å². The van der Waals surface area contributed by atoms with E-state index in [1.165, 1.54) is 76.2 Å². The van der Waals surface area contributed by atoms with Crippen molar-refractivity contribution >= 4 is 0 Å². The quantitative estimate of drug-likeness (QED) is 0.270. The number of aryl methyl sites for hydroxylation is 1. The number of ether oxygens (including phenoxy) is 1. The molecule has 182 valence electrons. The van der Waals surface area contributed by atoms with E-state index < -0.39 is 0 Å².